The van der Waals surface area contributed by atoms with Gasteiger partial charge in [0, 0.05) is 26.6 Å². The fourth-order valence-corrected chi connectivity index (χ4v) is 1.66. The van der Waals surface area contributed by atoms with Crippen LogP contribution >= 0.6 is 0 Å². The van der Waals surface area contributed by atoms with Gasteiger partial charge in [0.05, 0.1) is 0 Å². The lowest BCUT2D eigenvalue weighted by Gasteiger charge is -2.16. The van der Waals surface area contributed by atoms with Gasteiger partial charge in [0.15, 0.2) is 0 Å². The van der Waals surface area contributed by atoms with Crippen molar-refractivity contribution in [1.29, 1.82) is 0 Å². The van der Waals surface area contributed by atoms with Gasteiger partial charge in [0.1, 0.15) is 0 Å². The number of hydrogen-bond donors (Lipinski definition) is 1. The topological polar surface area (TPSA) is 32.3 Å². The Balaban J connectivity index is 1.96. The molecule has 1 rings (SSSR count). The number of rotatable bonds is 7. The van der Waals surface area contributed by atoms with E-state index in [4.69, 9.17) is 0 Å². The largest absolute Gasteiger partial charge is 0.349 e. The Hall–Kier alpha value is -0.570. The van der Waals surface area contributed by atoms with E-state index in [1.807, 2.05) is 14.1 Å². The van der Waals surface area contributed by atoms with Crippen LogP contribution < -0.4 is 5.32 Å². The quantitative estimate of drug-likeness (QED) is 0.651. The highest BCUT2D eigenvalue weighted by molar-refractivity contribution is 5.76. The maximum absolute atomic E-state index is 11.4. The summed E-state index contributed by atoms with van der Waals surface area (Å²) in [6.07, 6.45) is 6.10. The van der Waals surface area contributed by atoms with Gasteiger partial charge >= 0.3 is 0 Å². The van der Waals surface area contributed by atoms with Crippen molar-refractivity contribution in [2.24, 2.45) is 5.92 Å². The summed E-state index contributed by atoms with van der Waals surface area (Å²) >= 11 is 0. The molecule has 1 saturated carbocycles. The molecule has 1 amide bonds. The standard InChI is InChI=1S/C12H24N2O/c1-10(9-12(15)14(2)3)13-8-4-5-11-6-7-11/h10-11,13H,4-9H2,1-3H3. The smallest absolute Gasteiger partial charge is 0.223 e. The summed E-state index contributed by atoms with van der Waals surface area (Å²) < 4.78 is 0. The van der Waals surface area contributed by atoms with Crippen molar-refractivity contribution >= 4 is 5.91 Å². The van der Waals surface area contributed by atoms with E-state index in [0.717, 1.165) is 12.5 Å². The summed E-state index contributed by atoms with van der Waals surface area (Å²) in [4.78, 5) is 13.0. The Bertz CT molecular complexity index is 200. The molecule has 0 radical (unpaired) electrons. The lowest BCUT2D eigenvalue weighted by atomic mass is 10.2. The Morgan fingerprint density at radius 3 is 2.67 bits per heavy atom. The van der Waals surface area contributed by atoms with Crippen LogP contribution in [0.3, 0.4) is 0 Å². The second-order valence-corrected chi connectivity index (χ2v) is 4.93. The van der Waals surface area contributed by atoms with Gasteiger partial charge in [0.25, 0.3) is 0 Å². The average Bonchev–Trinajstić information content (AvgIpc) is 2.95. The lowest BCUT2D eigenvalue weighted by Crippen LogP contribution is -2.33. The summed E-state index contributed by atoms with van der Waals surface area (Å²) in [5.41, 5.74) is 0. The van der Waals surface area contributed by atoms with Crippen molar-refractivity contribution in [3.05, 3.63) is 0 Å². The van der Waals surface area contributed by atoms with E-state index in [-0.39, 0.29) is 5.91 Å². The Morgan fingerprint density at radius 1 is 1.47 bits per heavy atom. The molecule has 0 spiro atoms. The Kier molecular flexibility index (Phi) is 5.09. The highest BCUT2D eigenvalue weighted by Gasteiger charge is 2.20. The van der Waals surface area contributed by atoms with Crippen molar-refractivity contribution < 1.29 is 4.79 Å². The highest BCUT2D eigenvalue weighted by Crippen LogP contribution is 2.33. The molecule has 1 fully saturated rings. The molecular weight excluding hydrogens is 188 g/mol. The molecule has 3 nitrogen and oxygen atoms in total. The van der Waals surface area contributed by atoms with Crippen LogP contribution in [0.5, 0.6) is 0 Å². The predicted octanol–water partition coefficient (Wildman–Crippen LogP) is 1.63. The molecule has 88 valence electrons. The van der Waals surface area contributed by atoms with Gasteiger partial charge in [-0.2, -0.15) is 0 Å². The molecule has 0 saturated heterocycles. The summed E-state index contributed by atoms with van der Waals surface area (Å²) in [5, 5.41) is 3.40. The summed E-state index contributed by atoms with van der Waals surface area (Å²) in [6.45, 7) is 3.14. The number of amides is 1. The van der Waals surface area contributed by atoms with Crippen LogP contribution in [-0.4, -0.2) is 37.5 Å². The van der Waals surface area contributed by atoms with Crippen LogP contribution in [0.2, 0.25) is 0 Å². The number of hydrogen-bond acceptors (Lipinski definition) is 2. The van der Waals surface area contributed by atoms with Crippen molar-refractivity contribution in [1.82, 2.24) is 10.2 Å². The summed E-state index contributed by atoms with van der Waals surface area (Å²) in [5.74, 6) is 1.22. The summed E-state index contributed by atoms with van der Waals surface area (Å²) in [6, 6.07) is 0.305. The first-order valence-electron chi connectivity index (χ1n) is 6.03. The number of nitrogens with one attached hydrogen (secondary N) is 1. The minimum atomic E-state index is 0.206. The first kappa shape index (κ1) is 12.5. The maximum atomic E-state index is 11.4. The monoisotopic (exact) mass is 212 g/mol. The van der Waals surface area contributed by atoms with Crippen LogP contribution in [0, 0.1) is 5.92 Å². The van der Waals surface area contributed by atoms with E-state index >= 15 is 0 Å². The van der Waals surface area contributed by atoms with Crippen LogP contribution in [0.1, 0.15) is 39.0 Å². The molecule has 0 aromatic heterocycles. The zero-order valence-corrected chi connectivity index (χ0v) is 10.3. The van der Waals surface area contributed by atoms with Gasteiger partial charge in [-0.25, -0.2) is 0 Å². The molecule has 0 bridgehead atoms. The third kappa shape index (κ3) is 5.78. The maximum Gasteiger partial charge on any atom is 0.223 e. The number of carbonyl (C=O) groups excluding carboxylic acids is 1. The third-order valence-corrected chi connectivity index (χ3v) is 2.96. The predicted molar refractivity (Wildman–Crippen MR) is 62.7 cm³/mol. The summed E-state index contributed by atoms with van der Waals surface area (Å²) in [7, 11) is 3.62. The van der Waals surface area contributed by atoms with E-state index in [0.29, 0.717) is 12.5 Å². The van der Waals surface area contributed by atoms with E-state index in [1.54, 1.807) is 4.90 Å². The van der Waals surface area contributed by atoms with Crippen molar-refractivity contribution in [2.45, 2.75) is 45.1 Å². The van der Waals surface area contributed by atoms with E-state index in [2.05, 4.69) is 12.2 Å². The molecule has 1 unspecified atom stereocenters. The lowest BCUT2D eigenvalue weighted by molar-refractivity contribution is -0.129. The molecule has 0 heterocycles. The fraction of sp³-hybridized carbons (Fsp3) is 0.917. The van der Waals surface area contributed by atoms with Crippen molar-refractivity contribution in [3.8, 4) is 0 Å². The molecule has 1 aliphatic rings. The molecule has 1 aliphatic carbocycles. The van der Waals surface area contributed by atoms with Gasteiger partial charge in [-0.05, 0) is 32.2 Å². The van der Waals surface area contributed by atoms with Crippen molar-refractivity contribution in [2.75, 3.05) is 20.6 Å². The van der Waals surface area contributed by atoms with Crippen LogP contribution in [0.25, 0.3) is 0 Å². The highest BCUT2D eigenvalue weighted by atomic mass is 16.2. The van der Waals surface area contributed by atoms with Gasteiger partial charge in [-0.15, -0.1) is 0 Å². The molecule has 0 aromatic carbocycles. The molecule has 15 heavy (non-hydrogen) atoms. The second kappa shape index (κ2) is 6.11. The zero-order valence-electron chi connectivity index (χ0n) is 10.3. The fourth-order valence-electron chi connectivity index (χ4n) is 1.66. The average molecular weight is 212 g/mol. The first-order chi connectivity index (χ1) is 7.09. The first-order valence-corrected chi connectivity index (χ1v) is 6.03. The molecule has 3 heteroatoms. The number of carbonyl (C=O) groups is 1. The van der Waals surface area contributed by atoms with Crippen LogP contribution in [0.15, 0.2) is 0 Å². The molecular formula is C12H24N2O. The van der Waals surface area contributed by atoms with Crippen LogP contribution in [-0.2, 0) is 4.79 Å². The third-order valence-electron chi connectivity index (χ3n) is 2.96. The Morgan fingerprint density at radius 2 is 2.13 bits per heavy atom. The van der Waals surface area contributed by atoms with Gasteiger partial charge in [-0.1, -0.05) is 12.8 Å². The minimum absolute atomic E-state index is 0.206. The Labute approximate surface area is 93.2 Å². The SMILES string of the molecule is CC(CC(=O)N(C)C)NCCCC1CC1. The zero-order chi connectivity index (χ0) is 11.3. The molecule has 1 atom stereocenters. The minimum Gasteiger partial charge on any atom is -0.349 e. The van der Waals surface area contributed by atoms with E-state index in [1.165, 1.54) is 25.7 Å². The number of nitrogens with zero attached hydrogens (tertiary/aromatic N) is 1. The molecule has 0 aliphatic heterocycles. The van der Waals surface area contributed by atoms with E-state index in [9.17, 15) is 4.79 Å². The normalized spacial score (nSPS) is 17.5. The van der Waals surface area contributed by atoms with Gasteiger partial charge < -0.3 is 10.2 Å². The van der Waals surface area contributed by atoms with E-state index < -0.39 is 0 Å². The molecule has 1 N–H and O–H groups in total. The van der Waals surface area contributed by atoms with Crippen molar-refractivity contribution in [3.63, 3.8) is 0 Å². The van der Waals surface area contributed by atoms with Gasteiger partial charge in [0.2, 0.25) is 5.91 Å². The second-order valence-electron chi connectivity index (χ2n) is 4.93. The van der Waals surface area contributed by atoms with Crippen LogP contribution in [0.4, 0.5) is 0 Å². The molecule has 0 aromatic rings. The van der Waals surface area contributed by atoms with Gasteiger partial charge in [-0.3, -0.25) is 4.79 Å².